The molecular weight excluding hydrogens is 294 g/mol. The topological polar surface area (TPSA) is 91.3 Å². The van der Waals surface area contributed by atoms with Crippen molar-refractivity contribution >= 4 is 34.3 Å². The standard InChI is InChI=1S/C17H13N3O3/c21-16(15-10-5-11-3-1-2-4-14(11)20-15)18-12-6-8-13(9-7-12)19-17(22)23/h1-10,19H,(H,18,21)(H,22,23). The van der Waals surface area contributed by atoms with Gasteiger partial charge in [0, 0.05) is 16.8 Å². The summed E-state index contributed by atoms with van der Waals surface area (Å²) in [5.74, 6) is -0.324. The van der Waals surface area contributed by atoms with Crippen LogP contribution in [0.5, 0.6) is 0 Å². The average Bonchev–Trinajstić information content (AvgIpc) is 2.55. The first-order valence-corrected chi connectivity index (χ1v) is 6.89. The lowest BCUT2D eigenvalue weighted by Gasteiger charge is -2.07. The van der Waals surface area contributed by atoms with Crippen LogP contribution in [0.3, 0.4) is 0 Å². The van der Waals surface area contributed by atoms with Crippen molar-refractivity contribution in [2.45, 2.75) is 0 Å². The second kappa shape index (κ2) is 6.15. The predicted octanol–water partition coefficient (Wildman–Crippen LogP) is 3.58. The predicted molar refractivity (Wildman–Crippen MR) is 87.8 cm³/mol. The normalized spacial score (nSPS) is 10.3. The molecule has 0 saturated carbocycles. The van der Waals surface area contributed by atoms with Crippen molar-refractivity contribution in [1.29, 1.82) is 0 Å². The molecule has 0 spiro atoms. The molecule has 0 unspecified atom stereocenters. The van der Waals surface area contributed by atoms with Crippen LogP contribution in [-0.2, 0) is 0 Å². The Morgan fingerprint density at radius 3 is 2.17 bits per heavy atom. The number of carbonyl (C=O) groups excluding carboxylic acids is 1. The molecule has 114 valence electrons. The summed E-state index contributed by atoms with van der Waals surface area (Å²) < 4.78 is 0. The van der Waals surface area contributed by atoms with Crippen molar-refractivity contribution < 1.29 is 14.7 Å². The zero-order valence-electron chi connectivity index (χ0n) is 12.0. The Kier molecular flexibility index (Phi) is 3.88. The molecule has 2 amide bonds. The first kappa shape index (κ1) is 14.5. The van der Waals surface area contributed by atoms with Crippen molar-refractivity contribution in [3.63, 3.8) is 0 Å². The van der Waals surface area contributed by atoms with Gasteiger partial charge in [-0.25, -0.2) is 9.78 Å². The highest BCUT2D eigenvalue weighted by molar-refractivity contribution is 6.04. The van der Waals surface area contributed by atoms with Crippen molar-refractivity contribution in [3.8, 4) is 0 Å². The number of para-hydroxylation sites is 1. The molecule has 3 rings (SSSR count). The maximum atomic E-state index is 12.2. The number of amides is 2. The van der Waals surface area contributed by atoms with E-state index in [9.17, 15) is 9.59 Å². The van der Waals surface area contributed by atoms with Gasteiger partial charge in [-0.1, -0.05) is 24.3 Å². The lowest BCUT2D eigenvalue weighted by atomic mass is 10.2. The molecule has 0 radical (unpaired) electrons. The number of rotatable bonds is 3. The van der Waals surface area contributed by atoms with Crippen LogP contribution in [0.25, 0.3) is 10.9 Å². The second-order valence-electron chi connectivity index (χ2n) is 4.85. The smallest absolute Gasteiger partial charge is 0.409 e. The molecule has 3 aromatic rings. The molecule has 0 atom stereocenters. The van der Waals surface area contributed by atoms with E-state index in [4.69, 9.17) is 5.11 Å². The quantitative estimate of drug-likeness (QED) is 0.689. The maximum absolute atomic E-state index is 12.2. The molecule has 0 aliphatic carbocycles. The van der Waals surface area contributed by atoms with Gasteiger partial charge < -0.3 is 10.4 Å². The van der Waals surface area contributed by atoms with E-state index in [2.05, 4.69) is 15.6 Å². The van der Waals surface area contributed by atoms with Crippen molar-refractivity contribution in [2.24, 2.45) is 0 Å². The van der Waals surface area contributed by atoms with E-state index in [1.165, 1.54) is 0 Å². The van der Waals surface area contributed by atoms with E-state index in [0.29, 0.717) is 17.1 Å². The zero-order valence-corrected chi connectivity index (χ0v) is 12.0. The fourth-order valence-electron chi connectivity index (χ4n) is 2.15. The summed E-state index contributed by atoms with van der Waals surface area (Å²) in [7, 11) is 0. The van der Waals surface area contributed by atoms with E-state index in [1.807, 2.05) is 30.3 Å². The van der Waals surface area contributed by atoms with Gasteiger partial charge in [-0.05, 0) is 36.4 Å². The van der Waals surface area contributed by atoms with E-state index < -0.39 is 6.09 Å². The lowest BCUT2D eigenvalue weighted by molar-refractivity contribution is 0.102. The third-order valence-corrected chi connectivity index (χ3v) is 3.23. The van der Waals surface area contributed by atoms with Crippen LogP contribution in [0.1, 0.15) is 10.5 Å². The summed E-state index contributed by atoms with van der Waals surface area (Å²) in [5, 5.41) is 14.5. The summed E-state index contributed by atoms with van der Waals surface area (Å²) in [4.78, 5) is 27.1. The number of nitrogens with one attached hydrogen (secondary N) is 2. The molecule has 0 aliphatic heterocycles. The summed E-state index contributed by atoms with van der Waals surface area (Å²) in [5.41, 5.74) is 2.05. The monoisotopic (exact) mass is 307 g/mol. The van der Waals surface area contributed by atoms with Crippen molar-refractivity contribution in [1.82, 2.24) is 4.98 Å². The van der Waals surface area contributed by atoms with Gasteiger partial charge in [0.05, 0.1) is 5.52 Å². The molecule has 1 aromatic heterocycles. The highest BCUT2D eigenvalue weighted by Crippen LogP contribution is 2.16. The molecule has 0 fully saturated rings. The minimum atomic E-state index is -1.14. The van der Waals surface area contributed by atoms with Crippen LogP contribution in [0, 0.1) is 0 Å². The minimum absolute atomic E-state index is 0.316. The summed E-state index contributed by atoms with van der Waals surface area (Å²) in [6.07, 6.45) is -1.14. The number of carbonyl (C=O) groups is 2. The number of aromatic nitrogens is 1. The van der Waals surface area contributed by atoms with Gasteiger partial charge in [-0.2, -0.15) is 0 Å². The number of anilines is 2. The molecule has 0 aliphatic rings. The van der Waals surface area contributed by atoms with Gasteiger partial charge in [-0.15, -0.1) is 0 Å². The highest BCUT2D eigenvalue weighted by Gasteiger charge is 2.08. The van der Waals surface area contributed by atoms with Crippen molar-refractivity contribution in [3.05, 3.63) is 66.4 Å². The molecule has 0 saturated heterocycles. The van der Waals surface area contributed by atoms with Gasteiger partial charge in [0.25, 0.3) is 5.91 Å². The number of nitrogens with zero attached hydrogens (tertiary/aromatic N) is 1. The first-order chi connectivity index (χ1) is 11.1. The Hall–Kier alpha value is -3.41. The number of pyridine rings is 1. The first-order valence-electron chi connectivity index (χ1n) is 6.89. The van der Waals surface area contributed by atoms with Gasteiger partial charge in [-0.3, -0.25) is 10.1 Å². The van der Waals surface area contributed by atoms with Gasteiger partial charge >= 0.3 is 6.09 Å². The van der Waals surface area contributed by atoms with Crippen LogP contribution in [0.2, 0.25) is 0 Å². The van der Waals surface area contributed by atoms with Crippen molar-refractivity contribution in [2.75, 3.05) is 10.6 Å². The molecule has 23 heavy (non-hydrogen) atoms. The maximum Gasteiger partial charge on any atom is 0.409 e. The molecule has 0 bridgehead atoms. The highest BCUT2D eigenvalue weighted by atomic mass is 16.4. The number of benzene rings is 2. The number of fused-ring (bicyclic) bond motifs is 1. The van der Waals surface area contributed by atoms with E-state index in [-0.39, 0.29) is 5.91 Å². The Bertz CT molecular complexity index is 876. The average molecular weight is 307 g/mol. The zero-order chi connectivity index (χ0) is 16.2. The summed E-state index contributed by atoms with van der Waals surface area (Å²) >= 11 is 0. The Morgan fingerprint density at radius 2 is 1.48 bits per heavy atom. The van der Waals surface area contributed by atoms with Crippen LogP contribution in [-0.4, -0.2) is 22.1 Å². The third kappa shape index (κ3) is 3.44. The summed E-state index contributed by atoms with van der Waals surface area (Å²) in [6, 6.07) is 17.4. The fourth-order valence-corrected chi connectivity index (χ4v) is 2.15. The van der Waals surface area contributed by atoms with Crippen LogP contribution in [0.15, 0.2) is 60.7 Å². The Morgan fingerprint density at radius 1 is 0.826 bits per heavy atom. The van der Waals surface area contributed by atoms with Crippen LogP contribution >= 0.6 is 0 Å². The van der Waals surface area contributed by atoms with E-state index in [0.717, 1.165) is 10.9 Å². The molecule has 3 N–H and O–H groups in total. The van der Waals surface area contributed by atoms with Gasteiger partial charge in [0.15, 0.2) is 0 Å². The Balaban J connectivity index is 1.76. The number of carboxylic acid groups (broad SMARTS) is 1. The van der Waals surface area contributed by atoms with Gasteiger partial charge in [0.1, 0.15) is 5.69 Å². The van der Waals surface area contributed by atoms with Crippen LogP contribution in [0.4, 0.5) is 16.2 Å². The molecule has 2 aromatic carbocycles. The molecule has 1 heterocycles. The SMILES string of the molecule is O=C(O)Nc1ccc(NC(=O)c2ccc3ccccc3n2)cc1. The van der Waals surface area contributed by atoms with Gasteiger partial charge in [0.2, 0.25) is 0 Å². The number of hydrogen-bond donors (Lipinski definition) is 3. The van der Waals surface area contributed by atoms with E-state index >= 15 is 0 Å². The second-order valence-corrected chi connectivity index (χ2v) is 4.85. The van der Waals surface area contributed by atoms with Crippen LogP contribution < -0.4 is 10.6 Å². The summed E-state index contributed by atoms with van der Waals surface area (Å²) in [6.45, 7) is 0. The number of hydrogen-bond acceptors (Lipinski definition) is 3. The Labute approximate surface area is 131 Å². The fraction of sp³-hybridized carbons (Fsp3) is 0. The molecular formula is C17H13N3O3. The van der Waals surface area contributed by atoms with E-state index in [1.54, 1.807) is 30.3 Å². The molecule has 6 nitrogen and oxygen atoms in total. The third-order valence-electron chi connectivity index (χ3n) is 3.23. The lowest BCUT2D eigenvalue weighted by Crippen LogP contribution is -2.13. The molecule has 6 heteroatoms. The minimum Gasteiger partial charge on any atom is -0.465 e. The largest absolute Gasteiger partial charge is 0.465 e.